The van der Waals surface area contributed by atoms with Crippen LogP contribution in [-0.4, -0.2) is 7.11 Å². The first-order valence-electron chi connectivity index (χ1n) is 9.65. The van der Waals surface area contributed by atoms with Crippen LogP contribution in [0, 0.1) is 0 Å². The fraction of sp³-hybridized carbons (Fsp3) is 0.111. The molecule has 0 amide bonds. The number of para-hydroxylation sites is 1. The molecular weight excluding hydrogens is 340 g/mol. The third-order valence-electron chi connectivity index (χ3n) is 5.32. The van der Waals surface area contributed by atoms with Crippen LogP contribution >= 0.6 is 0 Å². The molecule has 4 rings (SSSR count). The van der Waals surface area contributed by atoms with Crippen LogP contribution in [0.25, 0.3) is 22.3 Å². The van der Waals surface area contributed by atoms with Crippen LogP contribution in [0.4, 0.5) is 0 Å². The van der Waals surface area contributed by atoms with Crippen molar-refractivity contribution < 1.29 is 4.74 Å². The summed E-state index contributed by atoms with van der Waals surface area (Å²) in [5.41, 5.74) is 7.44. The maximum Gasteiger partial charge on any atom is 0.126 e. The van der Waals surface area contributed by atoms with Gasteiger partial charge in [0.25, 0.3) is 0 Å². The number of methoxy groups -OCH3 is 1. The maximum absolute atomic E-state index is 5.50. The largest absolute Gasteiger partial charge is 0.496 e. The molecule has 0 spiro atoms. The van der Waals surface area contributed by atoms with Crippen molar-refractivity contribution in [3.05, 3.63) is 114 Å². The van der Waals surface area contributed by atoms with E-state index in [0.717, 1.165) is 11.3 Å². The molecule has 1 heteroatoms. The molecule has 0 saturated heterocycles. The average Bonchev–Trinajstić information content (AvgIpc) is 2.79. The molecule has 1 nitrogen and oxygen atoms in total. The Balaban J connectivity index is 1.61. The predicted octanol–water partition coefficient (Wildman–Crippen LogP) is 7.18. The normalized spacial score (nSPS) is 11.8. The van der Waals surface area contributed by atoms with Gasteiger partial charge in [-0.25, -0.2) is 0 Å². The van der Waals surface area contributed by atoms with Gasteiger partial charge in [-0.15, -0.1) is 0 Å². The van der Waals surface area contributed by atoms with Crippen LogP contribution in [0.3, 0.4) is 0 Å². The lowest BCUT2D eigenvalue weighted by Crippen LogP contribution is -1.96. The van der Waals surface area contributed by atoms with Crippen LogP contribution in [0.1, 0.15) is 24.0 Å². The molecule has 4 aromatic carbocycles. The molecule has 4 aromatic rings. The molecule has 0 aliphatic carbocycles. The van der Waals surface area contributed by atoms with Gasteiger partial charge in [0.1, 0.15) is 5.75 Å². The van der Waals surface area contributed by atoms with Crippen molar-refractivity contribution in [3.63, 3.8) is 0 Å². The minimum Gasteiger partial charge on any atom is -0.496 e. The van der Waals surface area contributed by atoms with E-state index in [1.165, 1.54) is 27.8 Å². The Morgan fingerprint density at radius 3 is 2.00 bits per heavy atom. The number of benzene rings is 4. The van der Waals surface area contributed by atoms with Gasteiger partial charge in [-0.3, -0.25) is 0 Å². The highest BCUT2D eigenvalue weighted by Crippen LogP contribution is 2.32. The third kappa shape index (κ3) is 3.70. The minimum atomic E-state index is 0.329. The summed E-state index contributed by atoms with van der Waals surface area (Å²) in [6.07, 6.45) is 0. The molecule has 0 aliphatic heterocycles. The monoisotopic (exact) mass is 364 g/mol. The second kappa shape index (κ2) is 8.14. The van der Waals surface area contributed by atoms with E-state index in [2.05, 4.69) is 91.9 Å². The van der Waals surface area contributed by atoms with E-state index in [4.69, 9.17) is 4.74 Å². The molecule has 0 aromatic heterocycles. The summed E-state index contributed by atoms with van der Waals surface area (Å²) in [6, 6.07) is 36.3. The molecular formula is C27H24O. The Labute approximate surface area is 167 Å². The summed E-state index contributed by atoms with van der Waals surface area (Å²) in [6.45, 7) is 2.27. The number of hydrogen-bond acceptors (Lipinski definition) is 1. The van der Waals surface area contributed by atoms with Gasteiger partial charge in [0.05, 0.1) is 7.11 Å². The summed E-state index contributed by atoms with van der Waals surface area (Å²) in [7, 11) is 1.72. The molecule has 1 unspecified atom stereocenters. The molecule has 0 aliphatic rings. The van der Waals surface area contributed by atoms with Crippen LogP contribution in [0.15, 0.2) is 103 Å². The van der Waals surface area contributed by atoms with E-state index < -0.39 is 0 Å². The number of rotatable bonds is 5. The zero-order valence-corrected chi connectivity index (χ0v) is 16.3. The average molecular weight is 364 g/mol. The Hall–Kier alpha value is -3.32. The second-order valence-corrected chi connectivity index (χ2v) is 7.04. The smallest absolute Gasteiger partial charge is 0.126 e. The van der Waals surface area contributed by atoms with Crippen LogP contribution in [0.2, 0.25) is 0 Å². The second-order valence-electron chi connectivity index (χ2n) is 7.04. The molecule has 0 heterocycles. The van der Waals surface area contributed by atoms with E-state index in [0.29, 0.717) is 5.92 Å². The van der Waals surface area contributed by atoms with Gasteiger partial charge in [-0.1, -0.05) is 104 Å². The van der Waals surface area contributed by atoms with Crippen molar-refractivity contribution in [1.82, 2.24) is 0 Å². The molecule has 0 saturated carbocycles. The first-order chi connectivity index (χ1) is 13.8. The van der Waals surface area contributed by atoms with Gasteiger partial charge < -0.3 is 4.74 Å². The lowest BCUT2D eigenvalue weighted by atomic mass is 9.90. The fourth-order valence-corrected chi connectivity index (χ4v) is 3.65. The summed E-state index contributed by atoms with van der Waals surface area (Å²) in [5.74, 6) is 1.23. The SMILES string of the molecule is COc1ccccc1-c1ccc(C(C)c2cccc(-c3ccccc3)c2)cc1. The third-order valence-corrected chi connectivity index (χ3v) is 5.32. The lowest BCUT2D eigenvalue weighted by Gasteiger charge is -2.15. The first kappa shape index (κ1) is 18.1. The van der Waals surface area contributed by atoms with Crippen molar-refractivity contribution in [2.75, 3.05) is 7.11 Å². The minimum absolute atomic E-state index is 0.329. The molecule has 1 atom stereocenters. The zero-order chi connectivity index (χ0) is 19.3. The highest BCUT2D eigenvalue weighted by Gasteiger charge is 2.11. The summed E-state index contributed by atoms with van der Waals surface area (Å²) >= 11 is 0. The van der Waals surface area contributed by atoms with Gasteiger partial charge in [0.2, 0.25) is 0 Å². The first-order valence-corrected chi connectivity index (χ1v) is 9.65. The Bertz CT molecular complexity index is 1050. The summed E-state index contributed by atoms with van der Waals surface area (Å²) < 4.78 is 5.50. The van der Waals surface area contributed by atoms with E-state index in [1.54, 1.807) is 7.11 Å². The van der Waals surface area contributed by atoms with Crippen LogP contribution in [-0.2, 0) is 0 Å². The Morgan fingerprint density at radius 2 is 1.25 bits per heavy atom. The van der Waals surface area contributed by atoms with E-state index in [9.17, 15) is 0 Å². The van der Waals surface area contributed by atoms with Crippen molar-refractivity contribution in [1.29, 1.82) is 0 Å². The van der Waals surface area contributed by atoms with Gasteiger partial charge in [-0.2, -0.15) is 0 Å². The van der Waals surface area contributed by atoms with E-state index in [-0.39, 0.29) is 0 Å². The number of ether oxygens (including phenoxy) is 1. The molecule has 138 valence electrons. The van der Waals surface area contributed by atoms with Crippen LogP contribution in [0.5, 0.6) is 5.75 Å². The van der Waals surface area contributed by atoms with Gasteiger partial charge in [-0.05, 0) is 33.9 Å². The number of hydrogen-bond donors (Lipinski definition) is 0. The summed E-state index contributed by atoms with van der Waals surface area (Å²) in [5, 5.41) is 0. The van der Waals surface area contributed by atoms with Crippen molar-refractivity contribution in [3.8, 4) is 28.0 Å². The van der Waals surface area contributed by atoms with Gasteiger partial charge >= 0.3 is 0 Å². The molecule has 0 N–H and O–H groups in total. The van der Waals surface area contributed by atoms with Crippen molar-refractivity contribution in [2.45, 2.75) is 12.8 Å². The lowest BCUT2D eigenvalue weighted by molar-refractivity contribution is 0.416. The van der Waals surface area contributed by atoms with E-state index >= 15 is 0 Å². The molecule has 28 heavy (non-hydrogen) atoms. The fourth-order valence-electron chi connectivity index (χ4n) is 3.65. The standard InChI is InChI=1S/C27H24O/c1-20(24-11-8-12-25(19-24)22-9-4-3-5-10-22)21-15-17-23(18-16-21)26-13-6-7-14-27(26)28-2/h3-20H,1-2H3. The molecule has 0 bridgehead atoms. The topological polar surface area (TPSA) is 9.23 Å². The molecule has 0 fully saturated rings. The highest BCUT2D eigenvalue weighted by molar-refractivity contribution is 5.71. The highest BCUT2D eigenvalue weighted by atomic mass is 16.5. The predicted molar refractivity (Wildman–Crippen MR) is 118 cm³/mol. The maximum atomic E-state index is 5.50. The zero-order valence-electron chi connectivity index (χ0n) is 16.3. The van der Waals surface area contributed by atoms with Crippen molar-refractivity contribution >= 4 is 0 Å². The van der Waals surface area contributed by atoms with E-state index in [1.807, 2.05) is 18.2 Å². The van der Waals surface area contributed by atoms with Gasteiger partial charge in [0, 0.05) is 11.5 Å². The van der Waals surface area contributed by atoms with Crippen molar-refractivity contribution in [2.24, 2.45) is 0 Å². The van der Waals surface area contributed by atoms with Crippen LogP contribution < -0.4 is 4.74 Å². The Morgan fingerprint density at radius 1 is 0.571 bits per heavy atom. The Kier molecular flexibility index (Phi) is 5.25. The van der Waals surface area contributed by atoms with Gasteiger partial charge in [0.15, 0.2) is 0 Å². The molecule has 0 radical (unpaired) electrons. The summed E-state index contributed by atoms with van der Waals surface area (Å²) in [4.78, 5) is 0. The quantitative estimate of drug-likeness (QED) is 0.364.